The highest BCUT2D eigenvalue weighted by atomic mass is 15.2. The van der Waals surface area contributed by atoms with Crippen LogP contribution >= 0.6 is 0 Å². The number of rotatable bonds is 0. The number of nitrogens with one attached hydrogen (secondary N) is 1. The summed E-state index contributed by atoms with van der Waals surface area (Å²) in [6, 6.07) is 0. The van der Waals surface area contributed by atoms with Crippen molar-refractivity contribution < 1.29 is 0 Å². The van der Waals surface area contributed by atoms with Crippen LogP contribution in [-0.2, 0) is 0 Å². The number of nitrogens with zero attached hydrogens (tertiary/aromatic N) is 2. The van der Waals surface area contributed by atoms with E-state index in [0.29, 0.717) is 0 Å². The molecule has 0 aromatic heterocycles. The Morgan fingerprint density at radius 2 is 1.42 bits per heavy atom. The highest BCUT2D eigenvalue weighted by Crippen LogP contribution is 2.38. The average Bonchev–Trinajstić information content (AvgIpc) is 2.66. The highest BCUT2D eigenvalue weighted by Gasteiger charge is 2.46. The van der Waals surface area contributed by atoms with Gasteiger partial charge in [-0.15, -0.1) is 0 Å². The van der Waals surface area contributed by atoms with Gasteiger partial charge < -0.3 is 0 Å². The minimum Gasteiger partial charge on any atom is -0.283 e. The van der Waals surface area contributed by atoms with Crippen LogP contribution in [0.5, 0.6) is 0 Å². The maximum Gasteiger partial charge on any atom is 0.113 e. The van der Waals surface area contributed by atoms with E-state index in [1.54, 1.807) is 6.34 Å². The lowest BCUT2D eigenvalue weighted by Gasteiger charge is -2.30. The van der Waals surface area contributed by atoms with E-state index in [4.69, 9.17) is 4.99 Å². The van der Waals surface area contributed by atoms with Gasteiger partial charge in [-0.1, -0.05) is 44.9 Å². The molecule has 0 aliphatic carbocycles. The van der Waals surface area contributed by atoms with Crippen molar-refractivity contribution in [3.8, 4) is 0 Å². The lowest BCUT2D eigenvalue weighted by Crippen LogP contribution is -2.50. The second kappa shape index (κ2) is 5.74. The van der Waals surface area contributed by atoms with Gasteiger partial charge in [0.25, 0.3) is 0 Å². The largest absolute Gasteiger partial charge is 0.283 e. The Morgan fingerprint density at radius 1 is 0.737 bits per heavy atom. The molecule has 1 N–H and O–H groups in total. The van der Waals surface area contributed by atoms with Crippen molar-refractivity contribution in [2.45, 2.75) is 88.3 Å². The van der Waals surface area contributed by atoms with Crippen molar-refractivity contribution in [2.24, 2.45) is 9.98 Å². The molecule has 3 nitrogen and oxygen atoms in total. The van der Waals surface area contributed by atoms with Gasteiger partial charge in [-0.05, 0) is 32.1 Å². The summed E-state index contributed by atoms with van der Waals surface area (Å²) in [6.45, 7) is 0. The van der Waals surface area contributed by atoms with Crippen LogP contribution in [0.3, 0.4) is 0 Å². The van der Waals surface area contributed by atoms with Gasteiger partial charge in [-0.25, -0.2) is 4.99 Å². The molecule has 106 valence electrons. The van der Waals surface area contributed by atoms with E-state index in [1.165, 1.54) is 77.0 Å². The van der Waals surface area contributed by atoms with Crippen LogP contribution in [0.25, 0.3) is 0 Å². The van der Waals surface area contributed by atoms with Crippen LogP contribution < -0.4 is 5.32 Å². The molecular weight excluding hydrogens is 234 g/mol. The molecule has 0 saturated carbocycles. The molecule has 2 fully saturated rings. The Morgan fingerprint density at radius 3 is 2.21 bits per heavy atom. The highest BCUT2D eigenvalue weighted by molar-refractivity contribution is 5.81. The van der Waals surface area contributed by atoms with E-state index >= 15 is 0 Å². The second-order valence-electron chi connectivity index (χ2n) is 6.66. The van der Waals surface area contributed by atoms with Crippen LogP contribution in [0.15, 0.2) is 9.98 Å². The van der Waals surface area contributed by atoms with Gasteiger partial charge in [0, 0.05) is 6.21 Å². The van der Waals surface area contributed by atoms with Crippen molar-refractivity contribution in [1.82, 2.24) is 5.32 Å². The van der Waals surface area contributed by atoms with Gasteiger partial charge in [-0.3, -0.25) is 10.3 Å². The van der Waals surface area contributed by atoms with Gasteiger partial charge in [0.15, 0.2) is 0 Å². The van der Waals surface area contributed by atoms with E-state index in [-0.39, 0.29) is 11.2 Å². The molecule has 3 aliphatic rings. The normalized spacial score (nSPS) is 40.0. The molecule has 0 spiro atoms. The molecule has 0 amide bonds. The van der Waals surface area contributed by atoms with Gasteiger partial charge in [0.1, 0.15) is 12.0 Å². The third-order valence-electron chi connectivity index (χ3n) is 5.12. The number of hydrogen-bond acceptors (Lipinski definition) is 3. The topological polar surface area (TPSA) is 36.8 Å². The maximum atomic E-state index is 4.75. The van der Waals surface area contributed by atoms with Crippen LogP contribution in [0, 0.1) is 0 Å². The first kappa shape index (κ1) is 13.3. The molecule has 3 heterocycles. The molecule has 3 aliphatic heterocycles. The lowest BCUT2D eigenvalue weighted by atomic mass is 9.91. The minimum absolute atomic E-state index is 0.00452. The van der Waals surface area contributed by atoms with E-state index < -0.39 is 0 Å². The molecule has 0 aromatic carbocycles. The molecule has 2 bridgehead atoms. The quantitative estimate of drug-likeness (QED) is 0.707. The molecule has 3 rings (SSSR count). The predicted octanol–water partition coefficient (Wildman–Crippen LogP) is 3.83. The van der Waals surface area contributed by atoms with E-state index in [1.807, 2.05) is 0 Å². The standard InChI is InChI=1S/C16H27N3/c1-2-4-6-8-10-16-12-11-15(19-16,9-7-5-3-1)13-17-14-18-16/h13-14,19H,1-12H2. The SMILES string of the molecule is C1=NC=NC23CCCCCCCCCCC1(CC2)N3. The predicted molar refractivity (Wildman–Crippen MR) is 81.0 cm³/mol. The van der Waals surface area contributed by atoms with Crippen molar-refractivity contribution >= 4 is 12.6 Å². The number of hydrogen-bond donors (Lipinski definition) is 1. The van der Waals surface area contributed by atoms with Crippen molar-refractivity contribution in [3.63, 3.8) is 0 Å². The summed E-state index contributed by atoms with van der Waals surface area (Å²) in [5, 5.41) is 3.87. The summed E-state index contributed by atoms with van der Waals surface area (Å²) in [4.78, 5) is 9.16. The van der Waals surface area contributed by atoms with Gasteiger partial charge in [-0.2, -0.15) is 0 Å². The Labute approximate surface area is 117 Å². The Bertz CT molecular complexity index is 329. The first-order chi connectivity index (χ1) is 9.33. The first-order valence-corrected chi connectivity index (χ1v) is 8.20. The molecule has 0 radical (unpaired) electrons. The third kappa shape index (κ3) is 3.07. The third-order valence-corrected chi connectivity index (χ3v) is 5.12. The molecule has 2 saturated heterocycles. The summed E-state index contributed by atoms with van der Waals surface area (Å²) >= 11 is 0. The summed E-state index contributed by atoms with van der Waals surface area (Å²) in [5.41, 5.74) is 0.148. The van der Waals surface area contributed by atoms with E-state index in [2.05, 4.69) is 16.5 Å². The minimum atomic E-state index is 0.00452. The van der Waals surface area contributed by atoms with Crippen LogP contribution in [-0.4, -0.2) is 23.8 Å². The molecule has 2 unspecified atom stereocenters. The summed E-state index contributed by atoms with van der Waals surface area (Å²) in [5.74, 6) is 0. The van der Waals surface area contributed by atoms with Crippen molar-refractivity contribution in [2.75, 3.05) is 0 Å². The molecule has 19 heavy (non-hydrogen) atoms. The fourth-order valence-corrected chi connectivity index (χ4v) is 3.95. The van der Waals surface area contributed by atoms with Crippen molar-refractivity contribution in [3.05, 3.63) is 0 Å². The molecular formula is C16H27N3. The molecule has 3 heteroatoms. The van der Waals surface area contributed by atoms with E-state index in [0.717, 1.165) is 0 Å². The average molecular weight is 261 g/mol. The molecule has 2 atom stereocenters. The monoisotopic (exact) mass is 261 g/mol. The Kier molecular flexibility index (Phi) is 4.01. The van der Waals surface area contributed by atoms with E-state index in [9.17, 15) is 0 Å². The Balaban J connectivity index is 1.73. The summed E-state index contributed by atoms with van der Waals surface area (Å²) < 4.78 is 0. The van der Waals surface area contributed by atoms with Crippen LogP contribution in [0.4, 0.5) is 0 Å². The second-order valence-corrected chi connectivity index (χ2v) is 6.66. The Hall–Kier alpha value is -0.700. The van der Waals surface area contributed by atoms with Gasteiger partial charge >= 0.3 is 0 Å². The van der Waals surface area contributed by atoms with Crippen molar-refractivity contribution in [1.29, 1.82) is 0 Å². The molecule has 0 aromatic rings. The van der Waals surface area contributed by atoms with Crippen LogP contribution in [0.1, 0.15) is 77.0 Å². The fraction of sp³-hybridized carbons (Fsp3) is 0.875. The van der Waals surface area contributed by atoms with Crippen LogP contribution in [0.2, 0.25) is 0 Å². The summed E-state index contributed by atoms with van der Waals surface area (Å²) in [6.07, 6.45) is 19.8. The van der Waals surface area contributed by atoms with Gasteiger partial charge in [0.2, 0.25) is 0 Å². The fourth-order valence-electron chi connectivity index (χ4n) is 3.95. The number of aliphatic imine (C=N–C) groups is 2. The van der Waals surface area contributed by atoms with Gasteiger partial charge in [0.05, 0.1) is 5.54 Å². The zero-order chi connectivity index (χ0) is 13.0. The maximum absolute atomic E-state index is 4.75. The lowest BCUT2D eigenvalue weighted by molar-refractivity contribution is 0.313. The zero-order valence-electron chi connectivity index (χ0n) is 12.0. The summed E-state index contributed by atoms with van der Waals surface area (Å²) in [7, 11) is 0. The first-order valence-electron chi connectivity index (χ1n) is 8.20. The zero-order valence-corrected chi connectivity index (χ0v) is 12.0. The smallest absolute Gasteiger partial charge is 0.113 e.